The molecular formula is C29H27FN2O3. The quantitative estimate of drug-likeness (QED) is 0.346. The minimum Gasteiger partial charge on any atom is -0.497 e. The van der Waals surface area contributed by atoms with E-state index in [1.165, 1.54) is 6.07 Å². The molecule has 1 aromatic heterocycles. The highest BCUT2D eigenvalue weighted by Gasteiger charge is 2.30. The van der Waals surface area contributed by atoms with E-state index < -0.39 is 0 Å². The number of halogens is 1. The van der Waals surface area contributed by atoms with E-state index in [0.29, 0.717) is 48.5 Å². The Morgan fingerprint density at radius 3 is 2.34 bits per heavy atom. The van der Waals surface area contributed by atoms with Crippen molar-refractivity contribution in [3.63, 3.8) is 0 Å². The topological polar surface area (TPSA) is 51.5 Å². The van der Waals surface area contributed by atoms with E-state index in [0.717, 1.165) is 10.9 Å². The predicted molar refractivity (Wildman–Crippen MR) is 133 cm³/mol. The number of ether oxygens (including phenoxy) is 1. The Labute approximate surface area is 203 Å². The maximum absolute atomic E-state index is 14.4. The molecule has 35 heavy (non-hydrogen) atoms. The highest BCUT2D eigenvalue weighted by atomic mass is 19.1. The number of piperidine rings is 1. The molecule has 0 aliphatic carbocycles. The van der Waals surface area contributed by atoms with Gasteiger partial charge in [-0.2, -0.15) is 0 Å². The Morgan fingerprint density at radius 2 is 1.63 bits per heavy atom. The van der Waals surface area contributed by atoms with Gasteiger partial charge in [0, 0.05) is 41.0 Å². The monoisotopic (exact) mass is 470 g/mol. The molecule has 0 radical (unpaired) electrons. The molecule has 2 heterocycles. The molecule has 5 rings (SSSR count). The molecule has 0 saturated carbocycles. The van der Waals surface area contributed by atoms with Crippen molar-refractivity contribution >= 4 is 22.6 Å². The van der Waals surface area contributed by atoms with Crippen LogP contribution in [-0.2, 0) is 6.54 Å². The van der Waals surface area contributed by atoms with Crippen molar-refractivity contribution in [1.82, 2.24) is 9.47 Å². The van der Waals surface area contributed by atoms with E-state index in [1.54, 1.807) is 49.6 Å². The molecule has 6 heteroatoms. The van der Waals surface area contributed by atoms with Crippen LogP contribution in [0, 0.1) is 11.7 Å². The fraction of sp³-hybridized carbons (Fsp3) is 0.241. The van der Waals surface area contributed by atoms with Gasteiger partial charge in [0.1, 0.15) is 17.3 Å². The summed E-state index contributed by atoms with van der Waals surface area (Å²) in [5.41, 5.74) is 2.63. The minimum absolute atomic E-state index is 0.0899. The van der Waals surface area contributed by atoms with Crippen LogP contribution in [0.4, 0.5) is 4.39 Å². The number of ketones is 1. The molecule has 5 nitrogen and oxygen atoms in total. The van der Waals surface area contributed by atoms with Crippen molar-refractivity contribution in [1.29, 1.82) is 0 Å². The zero-order chi connectivity index (χ0) is 24.4. The molecule has 1 aliphatic heterocycles. The first-order chi connectivity index (χ1) is 17.0. The summed E-state index contributed by atoms with van der Waals surface area (Å²) in [6.07, 6.45) is 1.23. The van der Waals surface area contributed by atoms with Gasteiger partial charge in [0.25, 0.3) is 5.91 Å². The van der Waals surface area contributed by atoms with Crippen LogP contribution in [0.3, 0.4) is 0 Å². The molecule has 1 amide bonds. The molecule has 178 valence electrons. The first-order valence-corrected chi connectivity index (χ1v) is 11.8. The van der Waals surface area contributed by atoms with Gasteiger partial charge in [0.15, 0.2) is 5.78 Å². The van der Waals surface area contributed by atoms with Gasteiger partial charge in [-0.3, -0.25) is 9.59 Å². The summed E-state index contributed by atoms with van der Waals surface area (Å²) in [6.45, 7) is 1.28. The number of carbonyl (C=O) groups excluding carboxylic acids is 2. The molecule has 1 aliphatic rings. The van der Waals surface area contributed by atoms with Crippen LogP contribution in [0.1, 0.15) is 39.3 Å². The standard InChI is InChI=1S/C29H27FN2O3/c1-35-24-12-10-20(11-13-24)28(33)21-14-16-31(17-15-21)29(34)27-18-22-6-3-5-9-26(22)32(27)19-23-7-2-4-8-25(23)30/h2-13,18,21H,14-17,19H2,1H3. The number of carbonyl (C=O) groups is 2. The molecular weight excluding hydrogens is 443 g/mol. The normalized spacial score (nSPS) is 14.3. The average molecular weight is 471 g/mol. The summed E-state index contributed by atoms with van der Waals surface area (Å²) in [6, 6.07) is 23.5. The van der Waals surface area contributed by atoms with Crippen molar-refractivity contribution in [2.75, 3.05) is 20.2 Å². The van der Waals surface area contributed by atoms with Crippen molar-refractivity contribution in [2.45, 2.75) is 19.4 Å². The number of hydrogen-bond donors (Lipinski definition) is 0. The van der Waals surface area contributed by atoms with Crippen LogP contribution in [-0.4, -0.2) is 41.4 Å². The Hall–Kier alpha value is -3.93. The number of likely N-dealkylation sites (tertiary alicyclic amines) is 1. The van der Waals surface area contributed by atoms with Crippen LogP contribution in [0.15, 0.2) is 78.9 Å². The molecule has 0 bridgehead atoms. The van der Waals surface area contributed by atoms with Crippen molar-refractivity contribution in [2.24, 2.45) is 5.92 Å². The van der Waals surface area contributed by atoms with Crippen LogP contribution in [0.5, 0.6) is 5.75 Å². The number of aromatic nitrogens is 1. The van der Waals surface area contributed by atoms with Gasteiger partial charge in [-0.15, -0.1) is 0 Å². The smallest absolute Gasteiger partial charge is 0.270 e. The fourth-order valence-electron chi connectivity index (χ4n) is 4.85. The summed E-state index contributed by atoms with van der Waals surface area (Å²) in [7, 11) is 1.60. The molecule has 1 fully saturated rings. The van der Waals surface area contributed by atoms with Gasteiger partial charge in [0.2, 0.25) is 0 Å². The van der Waals surface area contributed by atoms with Crippen LogP contribution >= 0.6 is 0 Å². The number of nitrogens with zero attached hydrogens (tertiary/aromatic N) is 2. The summed E-state index contributed by atoms with van der Waals surface area (Å²) < 4.78 is 21.5. The summed E-state index contributed by atoms with van der Waals surface area (Å²) >= 11 is 0. The van der Waals surface area contributed by atoms with E-state index >= 15 is 0 Å². The zero-order valence-corrected chi connectivity index (χ0v) is 19.6. The van der Waals surface area contributed by atoms with Crippen LogP contribution in [0.25, 0.3) is 10.9 Å². The Kier molecular flexibility index (Phi) is 6.36. The number of hydrogen-bond acceptors (Lipinski definition) is 3. The molecule has 0 spiro atoms. The largest absolute Gasteiger partial charge is 0.497 e. The summed E-state index contributed by atoms with van der Waals surface area (Å²) in [5, 5.41) is 0.941. The number of amides is 1. The SMILES string of the molecule is COc1ccc(C(=O)C2CCN(C(=O)c3cc4ccccc4n3Cc3ccccc3F)CC2)cc1. The second-order valence-corrected chi connectivity index (χ2v) is 8.93. The number of methoxy groups -OCH3 is 1. The Bertz CT molecular complexity index is 1370. The molecule has 0 unspecified atom stereocenters. The van der Waals surface area contributed by atoms with Gasteiger partial charge in [0.05, 0.1) is 13.7 Å². The lowest BCUT2D eigenvalue weighted by Gasteiger charge is -2.31. The predicted octanol–water partition coefficient (Wildman–Crippen LogP) is 5.57. The van der Waals surface area contributed by atoms with Gasteiger partial charge in [-0.05, 0) is 55.3 Å². The van der Waals surface area contributed by atoms with E-state index in [2.05, 4.69) is 0 Å². The van der Waals surface area contributed by atoms with Gasteiger partial charge in [-0.1, -0.05) is 36.4 Å². The molecule has 0 atom stereocenters. The molecule has 1 saturated heterocycles. The highest BCUT2D eigenvalue weighted by Crippen LogP contribution is 2.27. The lowest BCUT2D eigenvalue weighted by molar-refractivity contribution is 0.0642. The number of benzene rings is 3. The first kappa shape index (κ1) is 22.8. The van der Waals surface area contributed by atoms with E-state index in [9.17, 15) is 14.0 Å². The first-order valence-electron chi connectivity index (χ1n) is 11.8. The molecule has 3 aromatic carbocycles. The van der Waals surface area contributed by atoms with E-state index in [4.69, 9.17) is 4.74 Å². The van der Waals surface area contributed by atoms with Gasteiger partial charge < -0.3 is 14.2 Å². The second kappa shape index (κ2) is 9.74. The zero-order valence-electron chi connectivity index (χ0n) is 19.6. The number of rotatable bonds is 6. The van der Waals surface area contributed by atoms with Crippen molar-refractivity contribution in [3.05, 3.63) is 102 Å². The third-order valence-corrected chi connectivity index (χ3v) is 6.84. The summed E-state index contributed by atoms with van der Waals surface area (Å²) in [4.78, 5) is 28.4. The third-order valence-electron chi connectivity index (χ3n) is 6.84. The van der Waals surface area contributed by atoms with Gasteiger partial charge >= 0.3 is 0 Å². The molecule has 0 N–H and O–H groups in total. The van der Waals surface area contributed by atoms with Crippen molar-refractivity contribution in [3.8, 4) is 5.75 Å². The highest BCUT2D eigenvalue weighted by molar-refractivity contribution is 6.00. The third kappa shape index (κ3) is 4.56. The molecule has 4 aromatic rings. The summed E-state index contributed by atoms with van der Waals surface area (Å²) in [5.74, 6) is 0.326. The Balaban J connectivity index is 1.34. The average Bonchev–Trinajstić information content (AvgIpc) is 3.27. The van der Waals surface area contributed by atoms with Crippen molar-refractivity contribution < 1.29 is 18.7 Å². The number of fused-ring (bicyclic) bond motifs is 1. The lowest BCUT2D eigenvalue weighted by atomic mass is 9.88. The number of Topliss-reactive ketones (excluding diaryl/α,β-unsaturated/α-hetero) is 1. The van der Waals surface area contributed by atoms with Gasteiger partial charge in [-0.25, -0.2) is 4.39 Å². The maximum Gasteiger partial charge on any atom is 0.270 e. The van der Waals surface area contributed by atoms with E-state index in [1.807, 2.05) is 39.8 Å². The fourth-order valence-corrected chi connectivity index (χ4v) is 4.85. The maximum atomic E-state index is 14.4. The lowest BCUT2D eigenvalue weighted by Crippen LogP contribution is -2.41. The minimum atomic E-state index is -0.290. The van der Waals surface area contributed by atoms with Crippen LogP contribution in [0.2, 0.25) is 0 Å². The van der Waals surface area contributed by atoms with Crippen LogP contribution < -0.4 is 4.74 Å². The van der Waals surface area contributed by atoms with E-state index in [-0.39, 0.29) is 30.0 Å². The Morgan fingerprint density at radius 1 is 0.943 bits per heavy atom. The number of para-hydroxylation sites is 1. The second-order valence-electron chi connectivity index (χ2n) is 8.93.